The zero-order valence-corrected chi connectivity index (χ0v) is 17.2. The molecule has 2 aromatic carbocycles. The Bertz CT molecular complexity index is 950. The van der Waals surface area contributed by atoms with Crippen LogP contribution in [0.3, 0.4) is 0 Å². The van der Waals surface area contributed by atoms with Crippen LogP contribution in [-0.4, -0.2) is 35.6 Å². The van der Waals surface area contributed by atoms with Gasteiger partial charge in [0.1, 0.15) is 11.0 Å². The number of carbonyl (C=O) groups excluding carboxylic acids is 2. The van der Waals surface area contributed by atoms with Crippen LogP contribution in [0.5, 0.6) is 5.75 Å². The van der Waals surface area contributed by atoms with E-state index in [2.05, 4.69) is 20.8 Å². The average molecular weight is 410 g/mol. The van der Waals surface area contributed by atoms with Crippen LogP contribution < -0.4 is 15.4 Å². The molecule has 0 spiro atoms. The van der Waals surface area contributed by atoms with Crippen molar-refractivity contribution in [3.8, 4) is 5.75 Å². The average Bonchev–Trinajstić information content (AvgIpc) is 3.00. The van der Waals surface area contributed by atoms with Crippen molar-refractivity contribution >= 4 is 40.6 Å². The fourth-order valence-electron chi connectivity index (χ4n) is 2.85. The molecule has 0 saturated carbocycles. The molecule has 1 heterocycles. The molecule has 1 fully saturated rings. The Morgan fingerprint density at radius 3 is 2.55 bits per heavy atom. The molecule has 0 bridgehead atoms. The van der Waals surface area contributed by atoms with E-state index in [-0.39, 0.29) is 18.2 Å². The van der Waals surface area contributed by atoms with Gasteiger partial charge in [0.2, 0.25) is 11.8 Å². The Labute approximate surface area is 173 Å². The van der Waals surface area contributed by atoms with Gasteiger partial charge >= 0.3 is 0 Å². The normalized spacial score (nSPS) is 17.6. The summed E-state index contributed by atoms with van der Waals surface area (Å²) in [5.41, 5.74) is 3.72. The number of amides is 2. The topological polar surface area (TPSA) is 92.2 Å². The number of nitrogens with zero attached hydrogens (tertiary/aromatic N) is 2. The van der Waals surface area contributed by atoms with Crippen LogP contribution in [0.4, 0.5) is 5.69 Å². The van der Waals surface area contributed by atoms with E-state index in [4.69, 9.17) is 4.74 Å². The highest BCUT2D eigenvalue weighted by atomic mass is 32.2. The number of benzene rings is 2. The number of methoxy groups -OCH3 is 1. The van der Waals surface area contributed by atoms with Crippen molar-refractivity contribution in [2.24, 2.45) is 10.2 Å². The maximum atomic E-state index is 12.3. The minimum atomic E-state index is -0.532. The van der Waals surface area contributed by atoms with Gasteiger partial charge in [0.05, 0.1) is 13.3 Å². The van der Waals surface area contributed by atoms with Gasteiger partial charge in [-0.2, -0.15) is 5.10 Å². The molecule has 1 aliphatic rings. The molecule has 1 unspecified atom stereocenters. The summed E-state index contributed by atoms with van der Waals surface area (Å²) in [5, 5.41) is 13.4. The highest BCUT2D eigenvalue weighted by Gasteiger charge is 2.32. The highest BCUT2D eigenvalue weighted by molar-refractivity contribution is 8.15. The lowest BCUT2D eigenvalue weighted by atomic mass is 10.1. The second-order valence-electron chi connectivity index (χ2n) is 6.65. The van der Waals surface area contributed by atoms with E-state index >= 15 is 0 Å². The summed E-state index contributed by atoms with van der Waals surface area (Å²) >= 11 is 1.20. The van der Waals surface area contributed by atoms with Gasteiger partial charge in [-0.15, -0.1) is 5.10 Å². The van der Waals surface area contributed by atoms with Gasteiger partial charge < -0.3 is 15.4 Å². The van der Waals surface area contributed by atoms with Crippen LogP contribution in [0.25, 0.3) is 0 Å². The molecule has 1 saturated heterocycles. The minimum Gasteiger partial charge on any atom is -0.497 e. The Hall–Kier alpha value is -3.13. The molecule has 29 heavy (non-hydrogen) atoms. The lowest BCUT2D eigenvalue weighted by Crippen LogP contribution is -2.28. The summed E-state index contributed by atoms with van der Waals surface area (Å²) in [4.78, 5) is 24.4. The van der Waals surface area contributed by atoms with Crippen molar-refractivity contribution in [1.82, 2.24) is 5.32 Å². The van der Waals surface area contributed by atoms with E-state index in [1.807, 2.05) is 56.3 Å². The van der Waals surface area contributed by atoms with Crippen LogP contribution in [-0.2, 0) is 9.59 Å². The van der Waals surface area contributed by atoms with E-state index < -0.39 is 5.25 Å². The Balaban J connectivity index is 1.55. The van der Waals surface area contributed by atoms with Crippen molar-refractivity contribution in [3.63, 3.8) is 0 Å². The first-order valence-electron chi connectivity index (χ1n) is 9.03. The SMILES string of the molecule is COc1ccc(/C=N/N=C2\NC(=O)C(CC(=O)Nc3cc(C)cc(C)c3)S2)cc1. The van der Waals surface area contributed by atoms with Crippen LogP contribution >= 0.6 is 11.8 Å². The molecule has 3 rings (SSSR count). The van der Waals surface area contributed by atoms with Gasteiger partial charge in [0, 0.05) is 12.1 Å². The summed E-state index contributed by atoms with van der Waals surface area (Å²) in [7, 11) is 1.60. The molecule has 0 aromatic heterocycles. The standard InChI is InChI=1S/C21H22N4O3S/c1-13-8-14(2)10-16(9-13)23-19(26)11-18-20(27)24-21(29-18)25-22-12-15-4-6-17(28-3)7-5-15/h4-10,12,18H,11H2,1-3H3,(H,23,26)(H,24,25,27)/b22-12+. The predicted octanol–water partition coefficient (Wildman–Crippen LogP) is 3.26. The molecular formula is C21H22N4O3S. The van der Waals surface area contributed by atoms with Gasteiger partial charge in [-0.3, -0.25) is 9.59 Å². The maximum absolute atomic E-state index is 12.3. The van der Waals surface area contributed by atoms with Crippen molar-refractivity contribution in [3.05, 3.63) is 59.2 Å². The predicted molar refractivity (Wildman–Crippen MR) is 117 cm³/mol. The third-order valence-corrected chi connectivity index (χ3v) is 5.20. The summed E-state index contributed by atoms with van der Waals surface area (Å²) < 4.78 is 5.10. The van der Waals surface area contributed by atoms with Crippen molar-refractivity contribution in [2.45, 2.75) is 25.5 Å². The Morgan fingerprint density at radius 1 is 1.21 bits per heavy atom. The van der Waals surface area contributed by atoms with Crippen LogP contribution in [0.2, 0.25) is 0 Å². The first-order valence-corrected chi connectivity index (χ1v) is 9.91. The molecule has 8 heteroatoms. The largest absolute Gasteiger partial charge is 0.497 e. The fourth-order valence-corrected chi connectivity index (χ4v) is 3.78. The minimum absolute atomic E-state index is 0.0602. The molecule has 0 aliphatic carbocycles. The number of aryl methyl sites for hydroxylation is 2. The first-order chi connectivity index (χ1) is 13.9. The van der Waals surface area contributed by atoms with Gasteiger partial charge in [0.15, 0.2) is 5.17 Å². The van der Waals surface area contributed by atoms with Crippen molar-refractivity contribution in [1.29, 1.82) is 0 Å². The highest BCUT2D eigenvalue weighted by Crippen LogP contribution is 2.23. The lowest BCUT2D eigenvalue weighted by Gasteiger charge is -2.09. The number of ether oxygens (including phenoxy) is 1. The number of anilines is 1. The molecule has 7 nitrogen and oxygen atoms in total. The fraction of sp³-hybridized carbons (Fsp3) is 0.238. The number of carbonyl (C=O) groups is 2. The van der Waals surface area contributed by atoms with Gasteiger partial charge in [-0.25, -0.2) is 0 Å². The quantitative estimate of drug-likeness (QED) is 0.565. The van der Waals surface area contributed by atoms with Gasteiger partial charge in [-0.1, -0.05) is 17.8 Å². The molecule has 1 aliphatic heterocycles. The second kappa shape index (κ2) is 9.38. The third-order valence-electron chi connectivity index (χ3n) is 4.12. The molecule has 150 valence electrons. The van der Waals surface area contributed by atoms with E-state index in [1.54, 1.807) is 13.3 Å². The van der Waals surface area contributed by atoms with Crippen LogP contribution in [0.1, 0.15) is 23.1 Å². The smallest absolute Gasteiger partial charge is 0.240 e. The number of rotatable bonds is 6. The van der Waals surface area contributed by atoms with E-state index in [0.717, 1.165) is 28.1 Å². The number of hydrogen-bond acceptors (Lipinski definition) is 6. The number of amidine groups is 1. The number of hydrogen-bond donors (Lipinski definition) is 2. The zero-order valence-electron chi connectivity index (χ0n) is 16.4. The molecule has 0 radical (unpaired) electrons. The van der Waals surface area contributed by atoms with E-state index in [9.17, 15) is 9.59 Å². The summed E-state index contributed by atoms with van der Waals surface area (Å²) in [6, 6.07) is 13.2. The molecular weight excluding hydrogens is 388 g/mol. The maximum Gasteiger partial charge on any atom is 0.240 e. The third kappa shape index (κ3) is 5.92. The zero-order chi connectivity index (χ0) is 20.8. The van der Waals surface area contributed by atoms with Crippen molar-refractivity contribution in [2.75, 3.05) is 12.4 Å². The second-order valence-corrected chi connectivity index (χ2v) is 7.84. The number of thioether (sulfide) groups is 1. The molecule has 2 aromatic rings. The summed E-state index contributed by atoms with van der Waals surface area (Å²) in [5.74, 6) is 0.295. The van der Waals surface area contributed by atoms with Gasteiger partial charge in [-0.05, 0) is 66.9 Å². The van der Waals surface area contributed by atoms with Crippen molar-refractivity contribution < 1.29 is 14.3 Å². The molecule has 2 amide bonds. The number of nitrogens with one attached hydrogen (secondary N) is 2. The summed E-state index contributed by atoms with van der Waals surface area (Å²) in [6.07, 6.45) is 1.64. The lowest BCUT2D eigenvalue weighted by molar-refractivity contribution is -0.122. The Kier molecular flexibility index (Phi) is 6.66. The molecule has 2 N–H and O–H groups in total. The monoisotopic (exact) mass is 410 g/mol. The first kappa shape index (κ1) is 20.6. The van der Waals surface area contributed by atoms with E-state index in [1.165, 1.54) is 11.8 Å². The van der Waals surface area contributed by atoms with E-state index in [0.29, 0.717) is 5.17 Å². The van der Waals surface area contributed by atoms with Crippen LogP contribution in [0, 0.1) is 13.8 Å². The Morgan fingerprint density at radius 2 is 1.90 bits per heavy atom. The summed E-state index contributed by atoms with van der Waals surface area (Å²) in [6.45, 7) is 3.94. The molecule has 1 atom stereocenters. The van der Waals surface area contributed by atoms with Crippen LogP contribution in [0.15, 0.2) is 52.7 Å². The van der Waals surface area contributed by atoms with Gasteiger partial charge in [0.25, 0.3) is 0 Å².